The average molecular weight is 479 g/mol. The molecule has 0 spiro atoms. The highest BCUT2D eigenvalue weighted by molar-refractivity contribution is 5.86. The van der Waals surface area contributed by atoms with Crippen LogP contribution < -0.4 is 16.0 Å². The zero-order valence-corrected chi connectivity index (χ0v) is 21.2. The van der Waals surface area contributed by atoms with Crippen LogP contribution in [-0.4, -0.2) is 61.9 Å². The van der Waals surface area contributed by atoms with Crippen molar-refractivity contribution in [3.05, 3.63) is 48.8 Å². The van der Waals surface area contributed by atoms with Gasteiger partial charge >= 0.3 is 0 Å². The molecule has 3 aromatic rings. The summed E-state index contributed by atoms with van der Waals surface area (Å²) in [6, 6.07) is 9.25. The molecule has 1 aromatic carbocycles. The van der Waals surface area contributed by atoms with E-state index in [1.807, 2.05) is 30.6 Å². The molecule has 1 fully saturated rings. The normalized spacial score (nSPS) is 19.3. The molecule has 2 heterocycles. The van der Waals surface area contributed by atoms with Crippen molar-refractivity contribution >= 4 is 28.6 Å². The van der Waals surface area contributed by atoms with Gasteiger partial charge in [0.1, 0.15) is 6.23 Å². The number of hydrogen-bond acceptors (Lipinski definition) is 8. The number of fused-ring (bicyclic) bond motifs is 1. The summed E-state index contributed by atoms with van der Waals surface area (Å²) in [5, 5.41) is 19.8. The summed E-state index contributed by atoms with van der Waals surface area (Å²) in [7, 11) is 4.32. The summed E-state index contributed by atoms with van der Waals surface area (Å²) in [6.45, 7) is 8.37. The van der Waals surface area contributed by atoms with Crippen LogP contribution in [0.3, 0.4) is 0 Å². The number of benzene rings is 1. The van der Waals surface area contributed by atoms with Crippen LogP contribution >= 0.6 is 0 Å². The maximum absolute atomic E-state index is 9.71. The second-order valence-corrected chi connectivity index (χ2v) is 9.81. The molecule has 4 N–H and O–H groups in total. The minimum absolute atomic E-state index is 0.233. The Hall–Kier alpha value is -3.01. The Morgan fingerprint density at radius 3 is 2.66 bits per heavy atom. The van der Waals surface area contributed by atoms with Gasteiger partial charge in [-0.1, -0.05) is 18.7 Å². The molecule has 0 radical (unpaired) electrons. The lowest BCUT2D eigenvalue weighted by Gasteiger charge is -2.33. The van der Waals surface area contributed by atoms with Crippen LogP contribution in [0.4, 0.5) is 17.5 Å². The molecule has 1 saturated carbocycles. The number of aromatic nitrogens is 4. The summed E-state index contributed by atoms with van der Waals surface area (Å²) in [5.41, 5.74) is 3.49. The van der Waals surface area contributed by atoms with E-state index in [4.69, 9.17) is 9.97 Å². The van der Waals surface area contributed by atoms with Gasteiger partial charge in [0.05, 0.1) is 6.33 Å². The molecular formula is C26H38N8O. The van der Waals surface area contributed by atoms with Crippen LogP contribution in [0.25, 0.3) is 11.2 Å². The average Bonchev–Trinajstić information content (AvgIpc) is 3.28. The van der Waals surface area contributed by atoms with Crippen LogP contribution in [0, 0.1) is 0 Å². The van der Waals surface area contributed by atoms with Gasteiger partial charge in [-0.15, -0.1) is 0 Å². The standard InChI is InChI=1S/C26H38N8O/c1-6-22(35)27-15-18-8-7-9-20(14-18)29-24-23-25(34(16-28-23)17(2)3)32-26(31-24)30-19-10-12-21(13-11-19)33(4)5/h6-9,14,16-17,19,21-22,27,35H,1,10-13,15H2,2-5H3,(H2,29,30,31,32)/t19-,21-,22?. The van der Waals surface area contributed by atoms with E-state index >= 15 is 0 Å². The Morgan fingerprint density at radius 2 is 1.97 bits per heavy atom. The fourth-order valence-electron chi connectivity index (χ4n) is 4.57. The van der Waals surface area contributed by atoms with Crippen molar-refractivity contribution in [1.82, 2.24) is 29.7 Å². The fraction of sp³-hybridized carbons (Fsp3) is 0.500. The van der Waals surface area contributed by atoms with Gasteiger partial charge < -0.3 is 25.2 Å². The third-order valence-electron chi connectivity index (χ3n) is 6.67. The molecule has 4 rings (SSSR count). The van der Waals surface area contributed by atoms with E-state index in [1.54, 1.807) is 0 Å². The molecule has 2 aromatic heterocycles. The van der Waals surface area contributed by atoms with Crippen molar-refractivity contribution in [3.63, 3.8) is 0 Å². The van der Waals surface area contributed by atoms with E-state index in [-0.39, 0.29) is 6.04 Å². The maximum atomic E-state index is 9.71. The van der Waals surface area contributed by atoms with E-state index < -0.39 is 6.23 Å². The van der Waals surface area contributed by atoms with Crippen molar-refractivity contribution in [1.29, 1.82) is 0 Å². The second-order valence-electron chi connectivity index (χ2n) is 9.81. The molecule has 9 heteroatoms. The topological polar surface area (TPSA) is 103 Å². The zero-order valence-electron chi connectivity index (χ0n) is 21.2. The summed E-state index contributed by atoms with van der Waals surface area (Å²) in [4.78, 5) is 16.7. The summed E-state index contributed by atoms with van der Waals surface area (Å²) >= 11 is 0. The number of aliphatic hydroxyl groups excluding tert-OH is 1. The van der Waals surface area contributed by atoms with Gasteiger partial charge in [0, 0.05) is 30.4 Å². The molecule has 9 nitrogen and oxygen atoms in total. The fourth-order valence-corrected chi connectivity index (χ4v) is 4.57. The number of rotatable bonds is 10. The Balaban J connectivity index is 1.58. The minimum atomic E-state index is -0.741. The molecule has 0 saturated heterocycles. The van der Waals surface area contributed by atoms with E-state index in [0.717, 1.165) is 35.3 Å². The van der Waals surface area contributed by atoms with Crippen LogP contribution in [-0.2, 0) is 6.54 Å². The molecule has 0 amide bonds. The SMILES string of the molecule is C=CC(O)NCc1cccc(Nc2nc(N[C@H]3CC[C@H](N(C)C)CC3)nc3c2ncn3C(C)C)c1. The number of nitrogens with one attached hydrogen (secondary N) is 3. The van der Waals surface area contributed by atoms with Crippen molar-refractivity contribution in [2.75, 3.05) is 24.7 Å². The van der Waals surface area contributed by atoms with Crippen LogP contribution in [0.2, 0.25) is 0 Å². The lowest BCUT2D eigenvalue weighted by atomic mass is 9.91. The molecule has 1 aliphatic rings. The molecule has 1 aliphatic carbocycles. The van der Waals surface area contributed by atoms with Gasteiger partial charge in [-0.25, -0.2) is 4.98 Å². The van der Waals surface area contributed by atoms with E-state index in [9.17, 15) is 5.11 Å². The Labute approximate surface area is 207 Å². The smallest absolute Gasteiger partial charge is 0.227 e. The van der Waals surface area contributed by atoms with E-state index in [2.05, 4.69) is 64.9 Å². The number of imidazole rings is 1. The second kappa shape index (κ2) is 11.2. The third kappa shape index (κ3) is 6.17. The van der Waals surface area contributed by atoms with Gasteiger partial charge in [0.15, 0.2) is 17.0 Å². The van der Waals surface area contributed by atoms with E-state index in [0.29, 0.717) is 30.4 Å². The van der Waals surface area contributed by atoms with Gasteiger partial charge in [-0.3, -0.25) is 5.32 Å². The van der Waals surface area contributed by atoms with Crippen LogP contribution in [0.15, 0.2) is 43.2 Å². The van der Waals surface area contributed by atoms with E-state index in [1.165, 1.54) is 18.9 Å². The first-order valence-corrected chi connectivity index (χ1v) is 12.4. The van der Waals surface area contributed by atoms with Crippen molar-refractivity contribution in [2.45, 2.75) is 70.4 Å². The van der Waals surface area contributed by atoms with Gasteiger partial charge in [-0.2, -0.15) is 9.97 Å². The van der Waals surface area contributed by atoms with Crippen molar-refractivity contribution < 1.29 is 5.11 Å². The first-order valence-electron chi connectivity index (χ1n) is 12.4. The number of hydrogen-bond donors (Lipinski definition) is 4. The van der Waals surface area contributed by atoms with Gasteiger partial charge in [0.25, 0.3) is 0 Å². The lowest BCUT2D eigenvalue weighted by molar-refractivity contribution is 0.183. The Morgan fingerprint density at radius 1 is 1.20 bits per heavy atom. The lowest BCUT2D eigenvalue weighted by Crippen LogP contribution is -2.36. The maximum Gasteiger partial charge on any atom is 0.227 e. The summed E-state index contributed by atoms with van der Waals surface area (Å²) < 4.78 is 2.08. The van der Waals surface area contributed by atoms with Crippen molar-refractivity contribution in [3.8, 4) is 0 Å². The first kappa shape index (κ1) is 25.1. The number of anilines is 3. The zero-order chi connectivity index (χ0) is 24.9. The molecule has 0 aliphatic heterocycles. The van der Waals surface area contributed by atoms with Crippen LogP contribution in [0.1, 0.15) is 51.1 Å². The minimum Gasteiger partial charge on any atom is -0.375 e. The molecule has 0 bridgehead atoms. The largest absolute Gasteiger partial charge is 0.375 e. The number of aliphatic hydroxyl groups is 1. The third-order valence-corrected chi connectivity index (χ3v) is 6.67. The molecule has 35 heavy (non-hydrogen) atoms. The van der Waals surface area contributed by atoms with Gasteiger partial charge in [-0.05, 0) is 77.4 Å². The van der Waals surface area contributed by atoms with Gasteiger partial charge in [0.2, 0.25) is 5.95 Å². The predicted molar refractivity (Wildman–Crippen MR) is 142 cm³/mol. The first-order chi connectivity index (χ1) is 16.8. The quantitative estimate of drug-likeness (QED) is 0.256. The molecule has 1 atom stereocenters. The summed E-state index contributed by atoms with van der Waals surface area (Å²) in [5.74, 6) is 1.30. The Bertz CT molecular complexity index is 1130. The summed E-state index contributed by atoms with van der Waals surface area (Å²) in [6.07, 6.45) is 7.09. The monoisotopic (exact) mass is 478 g/mol. The predicted octanol–water partition coefficient (Wildman–Crippen LogP) is 4.03. The molecule has 188 valence electrons. The molecular weight excluding hydrogens is 440 g/mol. The Kier molecular flexibility index (Phi) is 8.00. The highest BCUT2D eigenvalue weighted by Crippen LogP contribution is 2.28. The van der Waals surface area contributed by atoms with Crippen molar-refractivity contribution in [2.24, 2.45) is 0 Å². The highest BCUT2D eigenvalue weighted by Gasteiger charge is 2.24. The highest BCUT2D eigenvalue weighted by atomic mass is 16.3. The number of nitrogens with zero attached hydrogens (tertiary/aromatic N) is 5. The molecule has 1 unspecified atom stereocenters. The van der Waals surface area contributed by atoms with Crippen LogP contribution in [0.5, 0.6) is 0 Å².